The number of nitrogens with zero attached hydrogens (tertiary/aromatic N) is 2. The maximum absolute atomic E-state index is 6.01. The molecule has 1 heterocycles. The Balaban J connectivity index is 2.13. The molecule has 1 aliphatic carbocycles. The van der Waals surface area contributed by atoms with Gasteiger partial charge in [0.05, 0.1) is 6.33 Å². The number of imidazole rings is 1. The zero-order chi connectivity index (χ0) is 10.2. The van der Waals surface area contributed by atoms with Crippen molar-refractivity contribution in [1.82, 2.24) is 9.55 Å². The first-order chi connectivity index (χ1) is 6.56. The van der Waals surface area contributed by atoms with Gasteiger partial charge in [-0.1, -0.05) is 6.42 Å². The molecule has 2 N–H and O–H groups in total. The van der Waals surface area contributed by atoms with Crippen LogP contribution in [-0.2, 0) is 6.54 Å². The largest absolute Gasteiger partial charge is 0.333 e. The van der Waals surface area contributed by atoms with E-state index in [9.17, 15) is 0 Å². The van der Waals surface area contributed by atoms with Gasteiger partial charge in [0, 0.05) is 29.9 Å². The molecule has 2 rings (SSSR count). The van der Waals surface area contributed by atoms with Crippen LogP contribution in [-0.4, -0.2) is 15.1 Å². The first-order valence-corrected chi connectivity index (χ1v) is 5.35. The first-order valence-electron chi connectivity index (χ1n) is 5.35. The molecule has 1 saturated carbocycles. The third kappa shape index (κ3) is 1.98. The quantitative estimate of drug-likeness (QED) is 0.796. The highest BCUT2D eigenvalue weighted by Crippen LogP contribution is 2.36. The van der Waals surface area contributed by atoms with Crippen molar-refractivity contribution in [3.63, 3.8) is 0 Å². The van der Waals surface area contributed by atoms with E-state index in [0.29, 0.717) is 0 Å². The summed E-state index contributed by atoms with van der Waals surface area (Å²) in [6.45, 7) is 4.97. The standard InChI is InChI=1S/C11H19N3/c1-11(2,12)7-14-8-13-6-10(14)9-4-3-5-9/h6,8-9H,3-5,7,12H2,1-2H3. The Bertz CT molecular complexity index is 305. The summed E-state index contributed by atoms with van der Waals surface area (Å²) in [5.41, 5.74) is 7.22. The average Bonchev–Trinajstić information content (AvgIpc) is 2.30. The van der Waals surface area contributed by atoms with Crippen molar-refractivity contribution in [1.29, 1.82) is 0 Å². The molecule has 0 amide bonds. The summed E-state index contributed by atoms with van der Waals surface area (Å²) in [5, 5.41) is 0. The molecule has 0 bridgehead atoms. The van der Waals surface area contributed by atoms with Crippen LogP contribution in [0.3, 0.4) is 0 Å². The number of rotatable bonds is 3. The van der Waals surface area contributed by atoms with Crippen molar-refractivity contribution in [2.45, 2.75) is 51.1 Å². The minimum Gasteiger partial charge on any atom is -0.333 e. The van der Waals surface area contributed by atoms with Gasteiger partial charge in [-0.2, -0.15) is 0 Å². The molecule has 14 heavy (non-hydrogen) atoms. The van der Waals surface area contributed by atoms with Crippen LogP contribution in [0.15, 0.2) is 12.5 Å². The van der Waals surface area contributed by atoms with Crippen LogP contribution in [0.25, 0.3) is 0 Å². The van der Waals surface area contributed by atoms with E-state index in [-0.39, 0.29) is 5.54 Å². The molecular formula is C11H19N3. The minimum absolute atomic E-state index is 0.154. The summed E-state index contributed by atoms with van der Waals surface area (Å²) in [6, 6.07) is 0. The van der Waals surface area contributed by atoms with Crippen LogP contribution < -0.4 is 5.73 Å². The van der Waals surface area contributed by atoms with Gasteiger partial charge in [0.25, 0.3) is 0 Å². The molecule has 0 radical (unpaired) electrons. The second-order valence-corrected chi connectivity index (χ2v) is 5.06. The highest BCUT2D eigenvalue weighted by atomic mass is 15.1. The van der Waals surface area contributed by atoms with Gasteiger partial charge in [0.2, 0.25) is 0 Å². The molecule has 0 unspecified atom stereocenters. The molecule has 0 spiro atoms. The average molecular weight is 193 g/mol. The molecule has 1 aliphatic rings. The van der Waals surface area contributed by atoms with Crippen LogP contribution in [0.4, 0.5) is 0 Å². The number of aromatic nitrogens is 2. The smallest absolute Gasteiger partial charge is 0.0948 e. The second-order valence-electron chi connectivity index (χ2n) is 5.06. The molecule has 0 aliphatic heterocycles. The Labute approximate surface area is 85.3 Å². The molecule has 1 aromatic heterocycles. The Kier molecular flexibility index (Phi) is 2.35. The van der Waals surface area contributed by atoms with Gasteiger partial charge < -0.3 is 10.3 Å². The predicted octanol–water partition coefficient (Wildman–Crippen LogP) is 1.89. The van der Waals surface area contributed by atoms with E-state index in [0.717, 1.165) is 12.5 Å². The van der Waals surface area contributed by atoms with E-state index in [1.165, 1.54) is 25.0 Å². The van der Waals surface area contributed by atoms with Crippen LogP contribution in [0.5, 0.6) is 0 Å². The number of hydrogen-bond donors (Lipinski definition) is 1. The van der Waals surface area contributed by atoms with E-state index in [1.54, 1.807) is 0 Å². The lowest BCUT2D eigenvalue weighted by Gasteiger charge is -2.28. The van der Waals surface area contributed by atoms with Crippen LogP contribution in [0, 0.1) is 0 Å². The lowest BCUT2D eigenvalue weighted by Crippen LogP contribution is -2.37. The van der Waals surface area contributed by atoms with Gasteiger partial charge in [-0.05, 0) is 26.7 Å². The minimum atomic E-state index is -0.154. The van der Waals surface area contributed by atoms with Crippen molar-refractivity contribution in [2.75, 3.05) is 0 Å². The fraction of sp³-hybridized carbons (Fsp3) is 0.727. The van der Waals surface area contributed by atoms with E-state index < -0.39 is 0 Å². The van der Waals surface area contributed by atoms with Crippen LogP contribution in [0.2, 0.25) is 0 Å². The molecule has 78 valence electrons. The third-order valence-corrected chi connectivity index (χ3v) is 2.85. The summed E-state index contributed by atoms with van der Waals surface area (Å²) in [7, 11) is 0. The summed E-state index contributed by atoms with van der Waals surface area (Å²) >= 11 is 0. The molecule has 0 aromatic carbocycles. The van der Waals surface area contributed by atoms with Gasteiger partial charge >= 0.3 is 0 Å². The van der Waals surface area contributed by atoms with E-state index in [4.69, 9.17) is 5.73 Å². The highest BCUT2D eigenvalue weighted by Gasteiger charge is 2.24. The maximum atomic E-state index is 6.01. The molecule has 3 heteroatoms. The van der Waals surface area contributed by atoms with E-state index in [2.05, 4.69) is 23.4 Å². The van der Waals surface area contributed by atoms with E-state index in [1.807, 2.05) is 12.5 Å². The summed E-state index contributed by atoms with van der Waals surface area (Å²) in [4.78, 5) is 4.22. The van der Waals surface area contributed by atoms with Crippen molar-refractivity contribution in [2.24, 2.45) is 5.73 Å². The second kappa shape index (κ2) is 3.39. The Morgan fingerprint density at radius 1 is 1.57 bits per heavy atom. The Morgan fingerprint density at radius 2 is 2.29 bits per heavy atom. The monoisotopic (exact) mass is 193 g/mol. The van der Waals surface area contributed by atoms with Crippen molar-refractivity contribution in [3.05, 3.63) is 18.2 Å². The SMILES string of the molecule is CC(C)(N)Cn1cncc1C1CCC1. The van der Waals surface area contributed by atoms with Crippen LogP contribution >= 0.6 is 0 Å². The molecule has 1 fully saturated rings. The molecule has 0 saturated heterocycles. The zero-order valence-electron chi connectivity index (χ0n) is 9.03. The maximum Gasteiger partial charge on any atom is 0.0948 e. The van der Waals surface area contributed by atoms with Crippen molar-refractivity contribution < 1.29 is 0 Å². The molecule has 3 nitrogen and oxygen atoms in total. The van der Waals surface area contributed by atoms with Gasteiger partial charge in [0.15, 0.2) is 0 Å². The fourth-order valence-corrected chi connectivity index (χ4v) is 1.95. The number of hydrogen-bond acceptors (Lipinski definition) is 2. The van der Waals surface area contributed by atoms with Gasteiger partial charge in [-0.3, -0.25) is 0 Å². The number of nitrogens with two attached hydrogens (primary N) is 1. The normalized spacial score (nSPS) is 18.2. The molecule has 1 aromatic rings. The van der Waals surface area contributed by atoms with Crippen molar-refractivity contribution in [3.8, 4) is 0 Å². The zero-order valence-corrected chi connectivity index (χ0v) is 9.03. The molecule has 0 atom stereocenters. The van der Waals surface area contributed by atoms with Gasteiger partial charge in [0.1, 0.15) is 0 Å². The van der Waals surface area contributed by atoms with Gasteiger partial charge in [-0.15, -0.1) is 0 Å². The predicted molar refractivity (Wildman–Crippen MR) is 57.1 cm³/mol. The summed E-state index contributed by atoms with van der Waals surface area (Å²) in [6.07, 6.45) is 7.90. The highest BCUT2D eigenvalue weighted by molar-refractivity contribution is 5.10. The topological polar surface area (TPSA) is 43.8 Å². The molecular weight excluding hydrogens is 174 g/mol. The lowest BCUT2D eigenvalue weighted by molar-refractivity contribution is 0.369. The van der Waals surface area contributed by atoms with Crippen LogP contribution in [0.1, 0.15) is 44.7 Å². The Hall–Kier alpha value is -0.830. The fourth-order valence-electron chi connectivity index (χ4n) is 1.95. The summed E-state index contributed by atoms with van der Waals surface area (Å²) in [5.74, 6) is 0.736. The van der Waals surface area contributed by atoms with Gasteiger partial charge in [-0.25, -0.2) is 4.98 Å². The van der Waals surface area contributed by atoms with E-state index >= 15 is 0 Å². The Morgan fingerprint density at radius 3 is 2.79 bits per heavy atom. The van der Waals surface area contributed by atoms with Crippen molar-refractivity contribution >= 4 is 0 Å². The first kappa shape index (κ1) is 9.71. The lowest BCUT2D eigenvalue weighted by atomic mass is 9.83. The third-order valence-electron chi connectivity index (χ3n) is 2.85. The summed E-state index contributed by atoms with van der Waals surface area (Å²) < 4.78 is 2.21.